The molecule has 1 aromatic carbocycles. The molecule has 0 atom stereocenters. The molecule has 2 aromatic rings. The van der Waals surface area contributed by atoms with Crippen LogP contribution in [0.15, 0.2) is 40.9 Å². The van der Waals surface area contributed by atoms with Crippen LogP contribution in [0.4, 0.5) is 11.5 Å². The number of halogens is 1. The van der Waals surface area contributed by atoms with Crippen LogP contribution >= 0.6 is 15.9 Å². The summed E-state index contributed by atoms with van der Waals surface area (Å²) in [7, 11) is 0. The van der Waals surface area contributed by atoms with Gasteiger partial charge in [-0.1, -0.05) is 22.0 Å². The molecule has 2 heterocycles. The SMILES string of the molecule is O=CN1CCN(c2ccc(C(=O)Nc3cccc(Br)c3)nn2)CC1. The molecule has 24 heavy (non-hydrogen) atoms. The van der Waals surface area contributed by atoms with Gasteiger partial charge in [-0.25, -0.2) is 0 Å². The minimum Gasteiger partial charge on any atom is -0.352 e. The number of anilines is 2. The summed E-state index contributed by atoms with van der Waals surface area (Å²) in [4.78, 5) is 26.7. The zero-order valence-corrected chi connectivity index (χ0v) is 14.4. The first kappa shape index (κ1) is 16.4. The highest BCUT2D eigenvalue weighted by Crippen LogP contribution is 2.17. The number of hydrogen-bond donors (Lipinski definition) is 1. The van der Waals surface area contributed by atoms with E-state index in [1.165, 1.54) is 0 Å². The normalized spacial score (nSPS) is 14.4. The number of amides is 2. The van der Waals surface area contributed by atoms with Crippen LogP contribution in [0.5, 0.6) is 0 Å². The van der Waals surface area contributed by atoms with Crippen molar-refractivity contribution in [2.45, 2.75) is 0 Å². The van der Waals surface area contributed by atoms with Crippen molar-refractivity contribution >= 4 is 39.8 Å². The topological polar surface area (TPSA) is 78.4 Å². The molecule has 124 valence electrons. The second kappa shape index (κ2) is 7.39. The van der Waals surface area contributed by atoms with E-state index in [0.29, 0.717) is 37.7 Å². The van der Waals surface area contributed by atoms with Gasteiger partial charge in [-0.2, -0.15) is 0 Å². The van der Waals surface area contributed by atoms with Gasteiger partial charge in [0.2, 0.25) is 6.41 Å². The van der Waals surface area contributed by atoms with E-state index in [1.807, 2.05) is 23.1 Å². The van der Waals surface area contributed by atoms with Gasteiger partial charge in [-0.3, -0.25) is 9.59 Å². The summed E-state index contributed by atoms with van der Waals surface area (Å²) in [5.74, 6) is 0.400. The Labute approximate surface area is 147 Å². The number of nitrogens with one attached hydrogen (secondary N) is 1. The zero-order chi connectivity index (χ0) is 16.9. The quantitative estimate of drug-likeness (QED) is 0.806. The first-order valence-corrected chi connectivity index (χ1v) is 8.30. The highest BCUT2D eigenvalue weighted by molar-refractivity contribution is 9.10. The summed E-state index contributed by atoms with van der Waals surface area (Å²) in [5, 5.41) is 10.9. The summed E-state index contributed by atoms with van der Waals surface area (Å²) in [6.07, 6.45) is 0.860. The molecule has 1 N–H and O–H groups in total. The molecule has 1 fully saturated rings. The van der Waals surface area contributed by atoms with E-state index in [2.05, 4.69) is 31.4 Å². The van der Waals surface area contributed by atoms with Gasteiger partial charge in [-0.15, -0.1) is 10.2 Å². The molecular weight excluding hydrogens is 374 g/mol. The zero-order valence-electron chi connectivity index (χ0n) is 12.9. The Bertz CT molecular complexity index is 730. The molecule has 0 spiro atoms. The van der Waals surface area contributed by atoms with Crippen LogP contribution in [0.25, 0.3) is 0 Å². The Morgan fingerprint density at radius 1 is 1.12 bits per heavy atom. The lowest BCUT2D eigenvalue weighted by Gasteiger charge is -2.32. The maximum atomic E-state index is 12.2. The first-order valence-electron chi connectivity index (χ1n) is 7.50. The average Bonchev–Trinajstić information content (AvgIpc) is 2.62. The van der Waals surface area contributed by atoms with Crippen molar-refractivity contribution in [2.75, 3.05) is 36.4 Å². The molecule has 0 bridgehead atoms. The van der Waals surface area contributed by atoms with Crippen LogP contribution in [-0.2, 0) is 4.79 Å². The van der Waals surface area contributed by atoms with E-state index in [9.17, 15) is 9.59 Å². The third kappa shape index (κ3) is 3.88. The monoisotopic (exact) mass is 389 g/mol. The van der Waals surface area contributed by atoms with Gasteiger partial charge in [0.05, 0.1) is 0 Å². The highest BCUT2D eigenvalue weighted by atomic mass is 79.9. The van der Waals surface area contributed by atoms with Crippen LogP contribution in [0.3, 0.4) is 0 Å². The van der Waals surface area contributed by atoms with Gasteiger partial charge < -0.3 is 15.1 Å². The molecular formula is C16H16BrN5O2. The molecule has 0 saturated carbocycles. The van der Waals surface area contributed by atoms with Gasteiger partial charge in [-0.05, 0) is 30.3 Å². The van der Waals surface area contributed by atoms with Gasteiger partial charge in [0, 0.05) is 36.3 Å². The van der Waals surface area contributed by atoms with Crippen molar-refractivity contribution < 1.29 is 9.59 Å². The maximum Gasteiger partial charge on any atom is 0.276 e. The predicted molar refractivity (Wildman–Crippen MR) is 94.0 cm³/mol. The summed E-state index contributed by atoms with van der Waals surface area (Å²) < 4.78 is 0.885. The molecule has 1 saturated heterocycles. The lowest BCUT2D eigenvalue weighted by Crippen LogP contribution is -2.46. The summed E-state index contributed by atoms with van der Waals surface area (Å²) in [5.41, 5.74) is 0.940. The van der Waals surface area contributed by atoms with Crippen LogP contribution in [0.2, 0.25) is 0 Å². The van der Waals surface area contributed by atoms with Gasteiger partial charge >= 0.3 is 0 Å². The predicted octanol–water partition coefficient (Wildman–Crippen LogP) is 1.77. The van der Waals surface area contributed by atoms with Crippen molar-refractivity contribution in [2.24, 2.45) is 0 Å². The van der Waals surface area contributed by atoms with Crippen molar-refractivity contribution in [1.82, 2.24) is 15.1 Å². The van der Waals surface area contributed by atoms with Crippen molar-refractivity contribution in [1.29, 1.82) is 0 Å². The Hall–Kier alpha value is -2.48. The van der Waals surface area contributed by atoms with Gasteiger partial charge in [0.15, 0.2) is 11.5 Å². The molecule has 7 nitrogen and oxygen atoms in total. The van der Waals surface area contributed by atoms with Crippen molar-refractivity contribution in [3.63, 3.8) is 0 Å². The maximum absolute atomic E-state index is 12.2. The Balaban J connectivity index is 1.64. The van der Waals surface area contributed by atoms with Crippen LogP contribution in [-0.4, -0.2) is 53.6 Å². The lowest BCUT2D eigenvalue weighted by atomic mass is 10.3. The van der Waals surface area contributed by atoms with E-state index in [1.54, 1.807) is 23.1 Å². The molecule has 0 unspecified atom stereocenters. The number of nitrogens with zero attached hydrogens (tertiary/aromatic N) is 4. The van der Waals surface area contributed by atoms with E-state index in [-0.39, 0.29) is 11.6 Å². The molecule has 0 aliphatic carbocycles. The fourth-order valence-corrected chi connectivity index (χ4v) is 2.83. The Morgan fingerprint density at radius 3 is 2.54 bits per heavy atom. The third-order valence-corrected chi connectivity index (χ3v) is 4.25. The third-order valence-electron chi connectivity index (χ3n) is 3.75. The smallest absolute Gasteiger partial charge is 0.276 e. The lowest BCUT2D eigenvalue weighted by molar-refractivity contribution is -0.118. The number of carbonyl (C=O) groups excluding carboxylic acids is 2. The number of rotatable bonds is 4. The largest absolute Gasteiger partial charge is 0.352 e. The molecule has 2 amide bonds. The van der Waals surface area contributed by atoms with E-state index < -0.39 is 0 Å². The Kier molecular flexibility index (Phi) is 5.05. The van der Waals surface area contributed by atoms with E-state index in [4.69, 9.17) is 0 Å². The number of aromatic nitrogens is 2. The minimum atomic E-state index is -0.307. The summed E-state index contributed by atoms with van der Waals surface area (Å²) in [6, 6.07) is 10.8. The standard InChI is InChI=1S/C16H16BrN5O2/c17-12-2-1-3-13(10-12)18-16(24)14-4-5-15(20-19-14)22-8-6-21(11-23)7-9-22/h1-5,10-11H,6-9H2,(H,18,24). The molecule has 1 aromatic heterocycles. The molecule has 0 radical (unpaired) electrons. The van der Waals surface area contributed by atoms with Crippen LogP contribution < -0.4 is 10.2 Å². The number of carbonyl (C=O) groups is 2. The van der Waals surface area contributed by atoms with Crippen LogP contribution in [0.1, 0.15) is 10.5 Å². The average molecular weight is 390 g/mol. The minimum absolute atomic E-state index is 0.255. The van der Waals surface area contributed by atoms with Gasteiger partial charge in [0.25, 0.3) is 5.91 Å². The highest BCUT2D eigenvalue weighted by Gasteiger charge is 2.17. The summed E-state index contributed by atoms with van der Waals surface area (Å²) >= 11 is 3.36. The number of benzene rings is 1. The fourth-order valence-electron chi connectivity index (χ4n) is 2.43. The second-order valence-corrected chi connectivity index (χ2v) is 6.29. The molecule has 1 aliphatic rings. The molecule has 8 heteroatoms. The van der Waals surface area contributed by atoms with Crippen LogP contribution in [0, 0.1) is 0 Å². The second-order valence-electron chi connectivity index (χ2n) is 5.37. The van der Waals surface area contributed by atoms with Crippen molar-refractivity contribution in [3.8, 4) is 0 Å². The molecule has 1 aliphatic heterocycles. The first-order chi connectivity index (χ1) is 11.7. The fraction of sp³-hybridized carbons (Fsp3) is 0.250. The number of piperazine rings is 1. The van der Waals surface area contributed by atoms with E-state index in [0.717, 1.165) is 10.9 Å². The van der Waals surface area contributed by atoms with Crippen molar-refractivity contribution in [3.05, 3.63) is 46.6 Å². The van der Waals surface area contributed by atoms with Gasteiger partial charge in [0.1, 0.15) is 0 Å². The van der Waals surface area contributed by atoms with E-state index >= 15 is 0 Å². The Morgan fingerprint density at radius 2 is 1.92 bits per heavy atom. The number of hydrogen-bond acceptors (Lipinski definition) is 5. The molecule has 3 rings (SSSR count). The summed E-state index contributed by atoms with van der Waals surface area (Å²) in [6.45, 7) is 2.74.